The van der Waals surface area contributed by atoms with Crippen LogP contribution in [0.5, 0.6) is 0 Å². The van der Waals surface area contributed by atoms with Crippen LogP contribution in [-0.2, 0) is 0 Å². The summed E-state index contributed by atoms with van der Waals surface area (Å²) in [6, 6.07) is 4.96. The summed E-state index contributed by atoms with van der Waals surface area (Å²) in [5, 5.41) is 11.7. The molecule has 2 heterocycles. The summed E-state index contributed by atoms with van der Waals surface area (Å²) in [5.41, 5.74) is 0.642. The number of hydrogen-bond donors (Lipinski definition) is 3. The molecule has 0 saturated heterocycles. The van der Waals surface area contributed by atoms with Gasteiger partial charge in [0.25, 0.3) is 0 Å². The number of anilines is 1. The van der Waals surface area contributed by atoms with Crippen LogP contribution in [0.15, 0.2) is 24.4 Å². The van der Waals surface area contributed by atoms with Crippen molar-refractivity contribution in [3.05, 3.63) is 30.1 Å². The molecule has 16 heavy (non-hydrogen) atoms. The van der Waals surface area contributed by atoms with Gasteiger partial charge in [-0.3, -0.25) is 0 Å². The van der Waals surface area contributed by atoms with Gasteiger partial charge >= 0.3 is 5.97 Å². The normalized spacial score (nSPS) is 10.1. The second kappa shape index (κ2) is 4.01. The Hall–Kier alpha value is -2.37. The van der Waals surface area contributed by atoms with Crippen LogP contribution in [-0.4, -0.2) is 33.1 Å². The smallest absolute Gasteiger partial charge is 0.354 e. The molecule has 0 aliphatic carbocycles. The molecular weight excluding hydrogens is 208 g/mol. The molecule has 0 bridgehead atoms. The van der Waals surface area contributed by atoms with Gasteiger partial charge in [0.05, 0.1) is 5.69 Å². The van der Waals surface area contributed by atoms with E-state index in [0.29, 0.717) is 17.3 Å². The van der Waals surface area contributed by atoms with Crippen molar-refractivity contribution in [3.63, 3.8) is 0 Å². The predicted octanol–water partition coefficient (Wildman–Crippen LogP) is 1.21. The molecule has 0 amide bonds. The predicted molar refractivity (Wildman–Crippen MR) is 58.3 cm³/mol. The fraction of sp³-hybridized carbons (Fsp3) is 0.100. The van der Waals surface area contributed by atoms with Gasteiger partial charge in [0.15, 0.2) is 11.5 Å². The number of rotatable bonds is 3. The lowest BCUT2D eigenvalue weighted by Crippen LogP contribution is -2.05. The molecule has 0 fully saturated rings. The Labute approximate surface area is 91.4 Å². The first kappa shape index (κ1) is 10.2. The second-order valence-electron chi connectivity index (χ2n) is 3.10. The van der Waals surface area contributed by atoms with Gasteiger partial charge < -0.3 is 15.4 Å². The van der Waals surface area contributed by atoms with Gasteiger partial charge in [0.2, 0.25) is 0 Å². The van der Waals surface area contributed by atoms with Crippen molar-refractivity contribution in [1.82, 2.24) is 15.0 Å². The molecule has 2 aromatic heterocycles. The maximum atomic E-state index is 10.9. The van der Waals surface area contributed by atoms with Crippen LogP contribution in [0.1, 0.15) is 10.5 Å². The van der Waals surface area contributed by atoms with E-state index in [1.165, 1.54) is 6.07 Å². The van der Waals surface area contributed by atoms with Crippen molar-refractivity contribution in [2.75, 3.05) is 12.4 Å². The second-order valence-corrected chi connectivity index (χ2v) is 3.10. The van der Waals surface area contributed by atoms with E-state index in [0.717, 1.165) is 0 Å². The van der Waals surface area contributed by atoms with E-state index in [1.807, 2.05) is 0 Å². The molecule has 82 valence electrons. The molecule has 2 aromatic rings. The van der Waals surface area contributed by atoms with E-state index in [-0.39, 0.29) is 5.69 Å². The van der Waals surface area contributed by atoms with Crippen molar-refractivity contribution >= 4 is 11.8 Å². The van der Waals surface area contributed by atoms with Gasteiger partial charge in [0, 0.05) is 19.3 Å². The summed E-state index contributed by atoms with van der Waals surface area (Å²) in [6.07, 6.45) is 1.73. The van der Waals surface area contributed by atoms with Crippen LogP contribution in [0.4, 0.5) is 5.82 Å². The maximum absolute atomic E-state index is 10.9. The molecule has 0 unspecified atom stereocenters. The number of nitrogens with zero attached hydrogens (tertiary/aromatic N) is 2. The van der Waals surface area contributed by atoms with Crippen LogP contribution >= 0.6 is 0 Å². The Kier molecular flexibility index (Phi) is 2.55. The van der Waals surface area contributed by atoms with Gasteiger partial charge in [0.1, 0.15) is 5.82 Å². The number of carboxylic acid groups (broad SMARTS) is 1. The Morgan fingerprint density at radius 3 is 2.88 bits per heavy atom. The lowest BCUT2D eigenvalue weighted by molar-refractivity contribution is 0.0690. The first-order valence-corrected chi connectivity index (χ1v) is 4.64. The van der Waals surface area contributed by atoms with E-state index in [2.05, 4.69) is 20.3 Å². The van der Waals surface area contributed by atoms with Gasteiger partial charge in [-0.05, 0) is 12.1 Å². The molecule has 2 rings (SSSR count). The van der Waals surface area contributed by atoms with Crippen LogP contribution in [0.2, 0.25) is 0 Å². The highest BCUT2D eigenvalue weighted by Gasteiger charge is 2.11. The lowest BCUT2D eigenvalue weighted by atomic mass is 10.3. The van der Waals surface area contributed by atoms with Crippen molar-refractivity contribution in [1.29, 1.82) is 0 Å². The number of aromatic carboxylic acids is 1. The summed E-state index contributed by atoms with van der Waals surface area (Å²) in [6.45, 7) is 0. The van der Waals surface area contributed by atoms with Crippen molar-refractivity contribution < 1.29 is 9.90 Å². The number of H-pyrrole nitrogens is 1. The van der Waals surface area contributed by atoms with Gasteiger partial charge in [-0.15, -0.1) is 0 Å². The molecule has 0 atom stereocenters. The third kappa shape index (κ3) is 1.85. The zero-order valence-corrected chi connectivity index (χ0v) is 8.56. The number of nitrogens with one attached hydrogen (secondary N) is 2. The average molecular weight is 218 g/mol. The molecule has 0 saturated carbocycles. The van der Waals surface area contributed by atoms with Crippen LogP contribution < -0.4 is 5.32 Å². The number of aromatic amines is 1. The summed E-state index contributed by atoms with van der Waals surface area (Å²) in [5.74, 6) is -0.252. The maximum Gasteiger partial charge on any atom is 0.354 e. The Balaban J connectivity index is 2.53. The largest absolute Gasteiger partial charge is 0.477 e. The summed E-state index contributed by atoms with van der Waals surface area (Å²) in [7, 11) is 1.67. The SMILES string of the molecule is CNc1cc(C(=O)O)nc(-c2ccc[nH]2)n1. The third-order valence-electron chi connectivity index (χ3n) is 2.04. The van der Waals surface area contributed by atoms with Gasteiger partial charge in [-0.25, -0.2) is 14.8 Å². The fourth-order valence-electron chi connectivity index (χ4n) is 1.27. The van der Waals surface area contributed by atoms with Crippen LogP contribution in [0, 0.1) is 0 Å². The average Bonchev–Trinajstić information content (AvgIpc) is 2.81. The minimum absolute atomic E-state index is 0.0380. The highest BCUT2D eigenvalue weighted by atomic mass is 16.4. The van der Waals surface area contributed by atoms with Gasteiger partial charge in [-0.1, -0.05) is 0 Å². The van der Waals surface area contributed by atoms with Crippen molar-refractivity contribution in [3.8, 4) is 11.5 Å². The fourth-order valence-corrected chi connectivity index (χ4v) is 1.27. The Bertz CT molecular complexity index is 508. The minimum atomic E-state index is -1.08. The standard InChI is InChI=1S/C10H10N4O2/c1-11-8-5-7(10(15)16)13-9(14-8)6-3-2-4-12-6/h2-5,12H,1H3,(H,15,16)(H,11,13,14). The molecule has 0 aliphatic rings. The minimum Gasteiger partial charge on any atom is -0.477 e. The summed E-state index contributed by atoms with van der Waals surface area (Å²) in [4.78, 5) is 21.9. The molecule has 6 heteroatoms. The number of carboxylic acids is 1. The highest BCUT2D eigenvalue weighted by Crippen LogP contribution is 2.15. The first-order chi connectivity index (χ1) is 7.70. The lowest BCUT2D eigenvalue weighted by Gasteiger charge is -2.03. The molecule has 6 nitrogen and oxygen atoms in total. The Morgan fingerprint density at radius 2 is 2.31 bits per heavy atom. The molecule has 0 radical (unpaired) electrons. The molecule has 0 aromatic carbocycles. The monoisotopic (exact) mass is 218 g/mol. The Morgan fingerprint density at radius 1 is 1.50 bits per heavy atom. The number of carbonyl (C=O) groups is 1. The molecular formula is C10H10N4O2. The zero-order chi connectivity index (χ0) is 11.5. The first-order valence-electron chi connectivity index (χ1n) is 4.64. The molecule has 0 aliphatic heterocycles. The van der Waals surface area contributed by atoms with Crippen LogP contribution in [0.25, 0.3) is 11.5 Å². The van der Waals surface area contributed by atoms with Crippen molar-refractivity contribution in [2.45, 2.75) is 0 Å². The van der Waals surface area contributed by atoms with E-state index < -0.39 is 5.97 Å². The summed E-state index contributed by atoms with van der Waals surface area (Å²) < 4.78 is 0. The van der Waals surface area contributed by atoms with Crippen molar-refractivity contribution in [2.24, 2.45) is 0 Å². The van der Waals surface area contributed by atoms with E-state index >= 15 is 0 Å². The van der Waals surface area contributed by atoms with E-state index in [4.69, 9.17) is 5.11 Å². The summed E-state index contributed by atoms with van der Waals surface area (Å²) >= 11 is 0. The number of aromatic nitrogens is 3. The topological polar surface area (TPSA) is 90.9 Å². The number of hydrogen-bond acceptors (Lipinski definition) is 4. The van der Waals surface area contributed by atoms with E-state index in [9.17, 15) is 4.79 Å². The molecule has 0 spiro atoms. The van der Waals surface area contributed by atoms with Gasteiger partial charge in [-0.2, -0.15) is 0 Å². The quantitative estimate of drug-likeness (QED) is 0.720. The van der Waals surface area contributed by atoms with E-state index in [1.54, 1.807) is 25.4 Å². The third-order valence-corrected chi connectivity index (χ3v) is 2.04. The van der Waals surface area contributed by atoms with Crippen LogP contribution in [0.3, 0.4) is 0 Å². The highest BCUT2D eigenvalue weighted by molar-refractivity contribution is 5.86. The zero-order valence-electron chi connectivity index (χ0n) is 8.56. The molecule has 3 N–H and O–H groups in total.